The Hall–Kier alpha value is -1.92. The standard InChI is InChI=1S/C16H23N3O3/c1-12-6-5-7-19-14(13(2)17-15(12)19)16(20)18(8-10-21-3)9-11-22-4/h5-7H,8-11H2,1-4H3. The topological polar surface area (TPSA) is 56.1 Å². The predicted octanol–water partition coefficient (Wildman–Crippen LogP) is 1.69. The molecule has 0 radical (unpaired) electrons. The Morgan fingerprint density at radius 2 is 1.86 bits per heavy atom. The number of rotatable bonds is 7. The van der Waals surface area contributed by atoms with Gasteiger partial charge >= 0.3 is 0 Å². The van der Waals surface area contributed by atoms with Crippen molar-refractivity contribution in [3.05, 3.63) is 35.3 Å². The lowest BCUT2D eigenvalue weighted by molar-refractivity contribution is 0.0620. The molecule has 0 aliphatic heterocycles. The Morgan fingerprint density at radius 1 is 1.23 bits per heavy atom. The van der Waals surface area contributed by atoms with E-state index >= 15 is 0 Å². The fourth-order valence-corrected chi connectivity index (χ4v) is 2.44. The first kappa shape index (κ1) is 16.5. The minimum absolute atomic E-state index is 0.0512. The van der Waals surface area contributed by atoms with Gasteiger partial charge in [0.2, 0.25) is 0 Å². The summed E-state index contributed by atoms with van der Waals surface area (Å²) in [7, 11) is 3.25. The number of pyridine rings is 1. The van der Waals surface area contributed by atoms with E-state index in [0.717, 1.165) is 16.9 Å². The molecule has 0 unspecified atom stereocenters. The normalized spacial score (nSPS) is 11.1. The van der Waals surface area contributed by atoms with Crippen molar-refractivity contribution in [2.45, 2.75) is 13.8 Å². The van der Waals surface area contributed by atoms with Crippen LogP contribution in [0.4, 0.5) is 0 Å². The van der Waals surface area contributed by atoms with Crippen LogP contribution in [0.5, 0.6) is 0 Å². The molecule has 6 nitrogen and oxygen atoms in total. The summed E-state index contributed by atoms with van der Waals surface area (Å²) < 4.78 is 12.1. The molecule has 0 aliphatic carbocycles. The third-order valence-corrected chi connectivity index (χ3v) is 3.64. The summed E-state index contributed by atoms with van der Waals surface area (Å²) in [6.45, 7) is 5.89. The van der Waals surface area contributed by atoms with Crippen LogP contribution in [-0.4, -0.2) is 60.7 Å². The molecule has 0 saturated heterocycles. The predicted molar refractivity (Wildman–Crippen MR) is 84.3 cm³/mol. The van der Waals surface area contributed by atoms with Gasteiger partial charge in [0.1, 0.15) is 11.3 Å². The first-order chi connectivity index (χ1) is 10.6. The van der Waals surface area contributed by atoms with Crippen LogP contribution in [0.1, 0.15) is 21.7 Å². The van der Waals surface area contributed by atoms with Gasteiger partial charge in [0, 0.05) is 33.5 Å². The highest BCUT2D eigenvalue weighted by molar-refractivity contribution is 5.94. The van der Waals surface area contributed by atoms with Gasteiger partial charge < -0.3 is 14.4 Å². The van der Waals surface area contributed by atoms with Crippen molar-refractivity contribution in [3.8, 4) is 0 Å². The average molecular weight is 305 g/mol. The van der Waals surface area contributed by atoms with Gasteiger partial charge in [-0.15, -0.1) is 0 Å². The molecule has 2 heterocycles. The number of ether oxygens (including phenoxy) is 2. The van der Waals surface area contributed by atoms with Crippen LogP contribution in [0.2, 0.25) is 0 Å². The third kappa shape index (κ3) is 3.28. The van der Waals surface area contributed by atoms with E-state index in [9.17, 15) is 4.79 Å². The van der Waals surface area contributed by atoms with Crippen molar-refractivity contribution in [2.24, 2.45) is 0 Å². The maximum absolute atomic E-state index is 12.9. The molecule has 120 valence electrons. The van der Waals surface area contributed by atoms with E-state index < -0.39 is 0 Å². The fourth-order valence-electron chi connectivity index (χ4n) is 2.44. The van der Waals surface area contributed by atoms with Crippen molar-refractivity contribution >= 4 is 11.6 Å². The van der Waals surface area contributed by atoms with Crippen LogP contribution >= 0.6 is 0 Å². The molecule has 6 heteroatoms. The first-order valence-corrected chi connectivity index (χ1v) is 7.31. The maximum atomic E-state index is 12.9. The second-order valence-corrected chi connectivity index (χ2v) is 5.21. The van der Waals surface area contributed by atoms with E-state index in [1.807, 2.05) is 36.6 Å². The van der Waals surface area contributed by atoms with E-state index in [1.54, 1.807) is 19.1 Å². The second kappa shape index (κ2) is 7.38. The summed E-state index contributed by atoms with van der Waals surface area (Å²) in [4.78, 5) is 19.2. The lowest BCUT2D eigenvalue weighted by atomic mass is 10.2. The highest BCUT2D eigenvalue weighted by atomic mass is 16.5. The fraction of sp³-hybridized carbons (Fsp3) is 0.500. The van der Waals surface area contributed by atoms with Crippen LogP contribution in [-0.2, 0) is 9.47 Å². The number of hydrogen-bond acceptors (Lipinski definition) is 4. The molecule has 0 N–H and O–H groups in total. The summed E-state index contributed by atoms with van der Waals surface area (Å²) in [5.41, 5.74) is 3.21. The monoisotopic (exact) mass is 305 g/mol. The van der Waals surface area contributed by atoms with E-state index in [1.165, 1.54) is 0 Å². The molecule has 2 aromatic rings. The minimum Gasteiger partial charge on any atom is -0.383 e. The molecule has 0 aromatic carbocycles. The molecule has 0 bridgehead atoms. The molecule has 2 rings (SSSR count). The number of aromatic nitrogens is 2. The summed E-state index contributed by atoms with van der Waals surface area (Å²) >= 11 is 0. The number of nitrogens with zero attached hydrogens (tertiary/aromatic N) is 3. The van der Waals surface area contributed by atoms with Gasteiger partial charge in [-0.2, -0.15) is 0 Å². The van der Waals surface area contributed by atoms with Crippen molar-refractivity contribution in [3.63, 3.8) is 0 Å². The van der Waals surface area contributed by atoms with Crippen LogP contribution in [0, 0.1) is 13.8 Å². The van der Waals surface area contributed by atoms with Crippen LogP contribution < -0.4 is 0 Å². The molecular weight excluding hydrogens is 282 g/mol. The minimum atomic E-state index is -0.0512. The Morgan fingerprint density at radius 3 is 2.45 bits per heavy atom. The molecule has 2 aromatic heterocycles. The van der Waals surface area contributed by atoms with Crippen molar-refractivity contribution in [2.75, 3.05) is 40.5 Å². The molecular formula is C16H23N3O3. The van der Waals surface area contributed by atoms with E-state index in [4.69, 9.17) is 9.47 Å². The average Bonchev–Trinajstić information content (AvgIpc) is 2.84. The highest BCUT2D eigenvalue weighted by Crippen LogP contribution is 2.17. The Bertz CT molecular complexity index is 643. The number of aryl methyl sites for hydroxylation is 2. The van der Waals surface area contributed by atoms with Crippen molar-refractivity contribution in [1.82, 2.24) is 14.3 Å². The number of amides is 1. The molecule has 0 aliphatic rings. The lowest BCUT2D eigenvalue weighted by Gasteiger charge is -2.22. The number of fused-ring (bicyclic) bond motifs is 1. The zero-order chi connectivity index (χ0) is 16.1. The SMILES string of the molecule is COCCN(CCOC)C(=O)c1c(C)nc2c(C)cccn12. The molecule has 0 spiro atoms. The highest BCUT2D eigenvalue weighted by Gasteiger charge is 2.22. The van der Waals surface area contributed by atoms with E-state index in [-0.39, 0.29) is 5.91 Å². The summed E-state index contributed by atoms with van der Waals surface area (Å²) in [5.74, 6) is -0.0512. The van der Waals surface area contributed by atoms with Crippen molar-refractivity contribution in [1.29, 1.82) is 0 Å². The van der Waals surface area contributed by atoms with Gasteiger partial charge in [-0.05, 0) is 25.5 Å². The summed E-state index contributed by atoms with van der Waals surface area (Å²) in [5, 5.41) is 0. The third-order valence-electron chi connectivity index (χ3n) is 3.64. The number of carbonyl (C=O) groups excluding carboxylic acids is 1. The first-order valence-electron chi connectivity index (χ1n) is 7.31. The summed E-state index contributed by atoms with van der Waals surface area (Å²) in [6.07, 6.45) is 1.88. The van der Waals surface area contributed by atoms with Gasteiger partial charge in [0.25, 0.3) is 5.91 Å². The lowest BCUT2D eigenvalue weighted by Crippen LogP contribution is -2.37. The van der Waals surface area contributed by atoms with Crippen LogP contribution in [0.3, 0.4) is 0 Å². The second-order valence-electron chi connectivity index (χ2n) is 5.21. The van der Waals surface area contributed by atoms with Crippen LogP contribution in [0.15, 0.2) is 18.3 Å². The molecule has 22 heavy (non-hydrogen) atoms. The zero-order valence-corrected chi connectivity index (χ0v) is 13.6. The Balaban J connectivity index is 2.37. The number of imidazole rings is 1. The molecule has 0 atom stereocenters. The van der Waals surface area contributed by atoms with E-state index in [2.05, 4.69) is 4.98 Å². The molecule has 0 fully saturated rings. The van der Waals surface area contributed by atoms with E-state index in [0.29, 0.717) is 32.0 Å². The largest absolute Gasteiger partial charge is 0.383 e. The van der Waals surface area contributed by atoms with Crippen LogP contribution in [0.25, 0.3) is 5.65 Å². The maximum Gasteiger partial charge on any atom is 0.272 e. The Kier molecular flexibility index (Phi) is 5.51. The Labute approximate surface area is 130 Å². The van der Waals surface area contributed by atoms with Crippen molar-refractivity contribution < 1.29 is 14.3 Å². The number of hydrogen-bond donors (Lipinski definition) is 0. The smallest absolute Gasteiger partial charge is 0.272 e. The van der Waals surface area contributed by atoms with Gasteiger partial charge in [0.05, 0.1) is 18.9 Å². The number of methoxy groups -OCH3 is 2. The summed E-state index contributed by atoms with van der Waals surface area (Å²) in [6, 6.07) is 3.92. The van der Waals surface area contributed by atoms with Gasteiger partial charge in [-0.3, -0.25) is 9.20 Å². The molecule has 0 saturated carbocycles. The van der Waals surface area contributed by atoms with Gasteiger partial charge in [-0.1, -0.05) is 6.07 Å². The van der Waals surface area contributed by atoms with Gasteiger partial charge in [0.15, 0.2) is 0 Å². The number of carbonyl (C=O) groups is 1. The zero-order valence-electron chi connectivity index (χ0n) is 13.6. The quantitative estimate of drug-likeness (QED) is 0.781. The van der Waals surface area contributed by atoms with Gasteiger partial charge in [-0.25, -0.2) is 4.98 Å². The molecule has 1 amide bonds.